The SMILES string of the molecule is CCCNC(=O)CNc1nc(NCCC)c(Cl)cc1Cl. The van der Waals surface area contributed by atoms with Gasteiger partial charge in [0.05, 0.1) is 16.6 Å². The third-order valence-corrected chi connectivity index (χ3v) is 3.04. The first kappa shape index (κ1) is 16.9. The lowest BCUT2D eigenvalue weighted by Gasteiger charge is -2.12. The molecule has 1 heterocycles. The Labute approximate surface area is 129 Å². The van der Waals surface area contributed by atoms with Gasteiger partial charge < -0.3 is 16.0 Å². The molecule has 1 rings (SSSR count). The van der Waals surface area contributed by atoms with E-state index >= 15 is 0 Å². The molecular weight excluding hydrogens is 299 g/mol. The lowest BCUT2D eigenvalue weighted by molar-refractivity contribution is -0.119. The largest absolute Gasteiger partial charge is 0.369 e. The van der Waals surface area contributed by atoms with Crippen molar-refractivity contribution in [2.45, 2.75) is 26.7 Å². The first-order chi connectivity index (χ1) is 9.58. The molecule has 0 aliphatic rings. The molecule has 1 aromatic rings. The number of rotatable bonds is 8. The molecule has 0 bridgehead atoms. The second kappa shape index (κ2) is 8.87. The van der Waals surface area contributed by atoms with Crippen molar-refractivity contribution < 1.29 is 4.79 Å². The van der Waals surface area contributed by atoms with Gasteiger partial charge in [0.15, 0.2) is 0 Å². The summed E-state index contributed by atoms with van der Waals surface area (Å²) in [6.07, 6.45) is 1.86. The molecule has 1 amide bonds. The first-order valence-electron chi connectivity index (χ1n) is 6.69. The molecule has 0 aliphatic heterocycles. The van der Waals surface area contributed by atoms with Gasteiger partial charge >= 0.3 is 0 Å². The molecule has 0 saturated carbocycles. The minimum absolute atomic E-state index is 0.0947. The topological polar surface area (TPSA) is 66.0 Å². The monoisotopic (exact) mass is 318 g/mol. The number of halogens is 2. The Kier molecular flexibility index (Phi) is 7.47. The Morgan fingerprint density at radius 1 is 1.10 bits per heavy atom. The van der Waals surface area contributed by atoms with Crippen molar-refractivity contribution in [3.05, 3.63) is 16.1 Å². The van der Waals surface area contributed by atoms with Gasteiger partial charge in [0.2, 0.25) is 5.91 Å². The minimum atomic E-state index is -0.0947. The molecule has 1 aromatic heterocycles. The van der Waals surface area contributed by atoms with Crippen LogP contribution in [-0.4, -0.2) is 30.5 Å². The minimum Gasteiger partial charge on any atom is -0.369 e. The van der Waals surface area contributed by atoms with E-state index < -0.39 is 0 Å². The van der Waals surface area contributed by atoms with Crippen LogP contribution in [0.3, 0.4) is 0 Å². The number of hydrogen-bond acceptors (Lipinski definition) is 4. The van der Waals surface area contributed by atoms with Gasteiger partial charge in [-0.25, -0.2) is 4.98 Å². The van der Waals surface area contributed by atoms with Crippen LogP contribution in [-0.2, 0) is 4.79 Å². The molecule has 7 heteroatoms. The third-order valence-electron chi connectivity index (χ3n) is 2.46. The number of carbonyl (C=O) groups is 1. The van der Waals surface area contributed by atoms with Crippen molar-refractivity contribution in [3.63, 3.8) is 0 Å². The molecule has 0 radical (unpaired) electrons. The lowest BCUT2D eigenvalue weighted by atomic mass is 10.4. The van der Waals surface area contributed by atoms with Crippen molar-refractivity contribution in [2.24, 2.45) is 0 Å². The van der Waals surface area contributed by atoms with E-state index in [0.717, 1.165) is 19.4 Å². The van der Waals surface area contributed by atoms with Crippen molar-refractivity contribution in [1.29, 1.82) is 0 Å². The zero-order chi connectivity index (χ0) is 15.0. The Morgan fingerprint density at radius 3 is 2.30 bits per heavy atom. The van der Waals surface area contributed by atoms with Gasteiger partial charge in [-0.1, -0.05) is 37.0 Å². The van der Waals surface area contributed by atoms with Crippen molar-refractivity contribution in [2.75, 3.05) is 30.3 Å². The average Bonchev–Trinajstić information content (AvgIpc) is 2.43. The van der Waals surface area contributed by atoms with Gasteiger partial charge in [0, 0.05) is 13.1 Å². The fourth-order valence-corrected chi connectivity index (χ4v) is 1.94. The Bertz CT molecular complexity index is 454. The summed E-state index contributed by atoms with van der Waals surface area (Å²) in [6, 6.07) is 1.61. The molecule has 0 aromatic carbocycles. The number of hydrogen-bond donors (Lipinski definition) is 3. The highest BCUT2D eigenvalue weighted by atomic mass is 35.5. The van der Waals surface area contributed by atoms with E-state index in [0.29, 0.717) is 28.2 Å². The van der Waals surface area contributed by atoms with Crippen LogP contribution in [0.1, 0.15) is 26.7 Å². The van der Waals surface area contributed by atoms with Crippen molar-refractivity contribution in [1.82, 2.24) is 10.3 Å². The number of amides is 1. The van der Waals surface area contributed by atoms with Crippen molar-refractivity contribution >= 4 is 40.7 Å². The van der Waals surface area contributed by atoms with E-state index in [1.165, 1.54) is 0 Å². The van der Waals surface area contributed by atoms with Gasteiger partial charge in [-0.3, -0.25) is 4.79 Å². The van der Waals surface area contributed by atoms with E-state index in [9.17, 15) is 4.79 Å². The maximum absolute atomic E-state index is 11.5. The van der Waals surface area contributed by atoms with Gasteiger partial charge in [-0.15, -0.1) is 0 Å². The van der Waals surface area contributed by atoms with Crippen LogP contribution in [0.25, 0.3) is 0 Å². The summed E-state index contributed by atoms with van der Waals surface area (Å²) in [5, 5.41) is 9.64. The summed E-state index contributed by atoms with van der Waals surface area (Å²) >= 11 is 12.1. The second-order valence-electron chi connectivity index (χ2n) is 4.28. The van der Waals surface area contributed by atoms with Gasteiger partial charge in [-0.05, 0) is 18.9 Å². The fraction of sp³-hybridized carbons (Fsp3) is 0.538. The normalized spacial score (nSPS) is 10.2. The molecular formula is C13H20Cl2N4O. The number of aromatic nitrogens is 1. The van der Waals surface area contributed by atoms with E-state index in [1.807, 2.05) is 13.8 Å². The van der Waals surface area contributed by atoms with E-state index in [2.05, 4.69) is 20.9 Å². The number of nitrogens with zero attached hydrogens (tertiary/aromatic N) is 1. The standard InChI is InChI=1S/C13H20Cl2N4O/c1-3-5-16-11(20)8-18-13-10(15)7-9(14)12(19-13)17-6-4-2/h7H,3-6,8H2,1-2H3,(H,16,20)(H2,17,18,19). The van der Waals surface area contributed by atoms with Crippen LogP contribution in [0, 0.1) is 0 Å². The van der Waals surface area contributed by atoms with Gasteiger partial charge in [0.1, 0.15) is 11.6 Å². The zero-order valence-electron chi connectivity index (χ0n) is 11.7. The Hall–Kier alpha value is -1.20. The summed E-state index contributed by atoms with van der Waals surface area (Å²) in [4.78, 5) is 15.8. The molecule has 112 valence electrons. The maximum atomic E-state index is 11.5. The Balaban J connectivity index is 2.66. The van der Waals surface area contributed by atoms with Crippen LogP contribution in [0.4, 0.5) is 11.6 Å². The molecule has 20 heavy (non-hydrogen) atoms. The Morgan fingerprint density at radius 2 is 1.70 bits per heavy atom. The average molecular weight is 319 g/mol. The summed E-state index contributed by atoms with van der Waals surface area (Å²) in [6.45, 7) is 5.60. The number of nitrogens with one attached hydrogen (secondary N) is 3. The van der Waals surface area contributed by atoms with Crippen LogP contribution in [0.15, 0.2) is 6.07 Å². The second-order valence-corrected chi connectivity index (χ2v) is 5.09. The summed E-state index contributed by atoms with van der Waals surface area (Å²) in [5.74, 6) is 0.915. The van der Waals surface area contributed by atoms with Gasteiger partial charge in [0.25, 0.3) is 0 Å². The smallest absolute Gasteiger partial charge is 0.239 e. The molecule has 3 N–H and O–H groups in total. The number of carbonyl (C=O) groups excluding carboxylic acids is 1. The molecule has 0 spiro atoms. The van der Waals surface area contributed by atoms with Crippen LogP contribution < -0.4 is 16.0 Å². The van der Waals surface area contributed by atoms with E-state index in [-0.39, 0.29) is 12.5 Å². The maximum Gasteiger partial charge on any atom is 0.239 e. The van der Waals surface area contributed by atoms with E-state index in [4.69, 9.17) is 23.2 Å². The molecule has 0 saturated heterocycles. The van der Waals surface area contributed by atoms with Gasteiger partial charge in [-0.2, -0.15) is 0 Å². The molecule has 0 fully saturated rings. The number of anilines is 2. The van der Waals surface area contributed by atoms with E-state index in [1.54, 1.807) is 6.07 Å². The quantitative estimate of drug-likeness (QED) is 0.689. The van der Waals surface area contributed by atoms with Crippen LogP contribution >= 0.6 is 23.2 Å². The molecule has 0 aliphatic carbocycles. The predicted molar refractivity (Wildman–Crippen MR) is 84.8 cm³/mol. The highest BCUT2D eigenvalue weighted by Gasteiger charge is 2.10. The predicted octanol–water partition coefficient (Wildman–Crippen LogP) is 3.15. The molecule has 0 atom stereocenters. The summed E-state index contributed by atoms with van der Waals surface area (Å²) in [5.41, 5.74) is 0. The van der Waals surface area contributed by atoms with Crippen LogP contribution in [0.5, 0.6) is 0 Å². The summed E-state index contributed by atoms with van der Waals surface area (Å²) < 4.78 is 0. The number of pyridine rings is 1. The molecule has 5 nitrogen and oxygen atoms in total. The lowest BCUT2D eigenvalue weighted by Crippen LogP contribution is -2.30. The highest BCUT2D eigenvalue weighted by Crippen LogP contribution is 2.28. The van der Waals surface area contributed by atoms with Crippen LogP contribution in [0.2, 0.25) is 10.0 Å². The summed E-state index contributed by atoms with van der Waals surface area (Å²) in [7, 11) is 0. The highest BCUT2D eigenvalue weighted by molar-refractivity contribution is 6.37. The first-order valence-corrected chi connectivity index (χ1v) is 7.44. The fourth-order valence-electron chi connectivity index (χ4n) is 1.45. The van der Waals surface area contributed by atoms with Crippen molar-refractivity contribution in [3.8, 4) is 0 Å². The third kappa shape index (κ3) is 5.43. The zero-order valence-corrected chi connectivity index (χ0v) is 13.2. The molecule has 0 unspecified atom stereocenters.